The first-order chi connectivity index (χ1) is 14.3. The van der Waals surface area contributed by atoms with E-state index in [1.165, 1.54) is 24.2 Å². The number of halogens is 1. The lowest BCUT2D eigenvalue weighted by Gasteiger charge is -2.34. The van der Waals surface area contributed by atoms with Crippen LogP contribution in [0.15, 0.2) is 53.8 Å². The van der Waals surface area contributed by atoms with Crippen LogP contribution in [0.5, 0.6) is 0 Å². The van der Waals surface area contributed by atoms with Gasteiger partial charge in [0.1, 0.15) is 0 Å². The highest BCUT2D eigenvalue weighted by atomic mass is 127. The molecule has 0 aliphatic carbocycles. The van der Waals surface area contributed by atoms with Gasteiger partial charge in [-0.2, -0.15) is 0 Å². The highest BCUT2D eigenvalue weighted by molar-refractivity contribution is 14.0. The van der Waals surface area contributed by atoms with Gasteiger partial charge in [0, 0.05) is 64.8 Å². The lowest BCUT2D eigenvalue weighted by Crippen LogP contribution is -2.45. The van der Waals surface area contributed by atoms with Crippen LogP contribution >= 0.6 is 24.0 Å². The minimum atomic E-state index is 0. The smallest absolute Gasteiger partial charge is 0.191 e. The van der Waals surface area contributed by atoms with Crippen molar-refractivity contribution in [3.63, 3.8) is 0 Å². The van der Waals surface area contributed by atoms with Crippen molar-refractivity contribution in [3.8, 4) is 0 Å². The number of hydrogen-bond donors (Lipinski definition) is 2. The molecule has 3 rings (SSSR count). The highest BCUT2D eigenvalue weighted by Gasteiger charge is 2.16. The fraction of sp³-hybridized carbons (Fsp3) is 0.522. The van der Waals surface area contributed by atoms with Crippen molar-refractivity contribution in [2.45, 2.75) is 33.5 Å². The van der Waals surface area contributed by atoms with E-state index in [1.54, 1.807) is 0 Å². The van der Waals surface area contributed by atoms with Crippen molar-refractivity contribution in [2.24, 2.45) is 4.99 Å². The van der Waals surface area contributed by atoms with Gasteiger partial charge in [-0.25, -0.2) is 4.99 Å². The van der Waals surface area contributed by atoms with Crippen LogP contribution in [-0.2, 0) is 19.6 Å². The monoisotopic (exact) mass is 524 g/mol. The Bertz CT molecular complexity index is 738. The topological polar surface area (TPSA) is 47.8 Å². The summed E-state index contributed by atoms with van der Waals surface area (Å²) in [7, 11) is 0. The average molecular weight is 524 g/mol. The Balaban J connectivity index is 0.00000320. The summed E-state index contributed by atoms with van der Waals surface area (Å²) in [5, 5.41) is 6.80. The number of piperazine rings is 1. The average Bonchev–Trinajstić information content (AvgIpc) is 3.27. The van der Waals surface area contributed by atoms with E-state index in [2.05, 4.69) is 87.6 Å². The van der Waals surface area contributed by atoms with Gasteiger partial charge in [-0.05, 0) is 36.7 Å². The van der Waals surface area contributed by atoms with Gasteiger partial charge in [0.2, 0.25) is 0 Å². The minimum absolute atomic E-state index is 0. The first-order valence-electron chi connectivity index (χ1n) is 10.9. The molecule has 1 aromatic carbocycles. The van der Waals surface area contributed by atoms with E-state index < -0.39 is 0 Å². The molecule has 30 heavy (non-hydrogen) atoms. The fourth-order valence-electron chi connectivity index (χ4n) is 3.70. The standard InChI is InChI=1S/C23H36N6.HI/c1-3-24-23(25-11-14-28-12-7-8-13-28)26-19-21-9-5-6-10-22(21)20-29-17-15-27(4-2)16-18-29;/h5-10,12-13H,3-4,11,14-20H2,1-2H3,(H2,24,25,26);1H. The molecular weight excluding hydrogens is 487 g/mol. The second-order valence-corrected chi connectivity index (χ2v) is 7.52. The van der Waals surface area contributed by atoms with E-state index in [9.17, 15) is 0 Å². The number of likely N-dealkylation sites (N-methyl/N-ethyl adjacent to an activating group) is 1. The number of nitrogens with zero attached hydrogens (tertiary/aromatic N) is 4. The molecule has 0 saturated carbocycles. The third-order valence-electron chi connectivity index (χ3n) is 5.50. The number of guanidine groups is 1. The van der Waals surface area contributed by atoms with Crippen LogP contribution in [0.4, 0.5) is 0 Å². The molecule has 2 heterocycles. The van der Waals surface area contributed by atoms with Crippen molar-refractivity contribution in [2.75, 3.05) is 45.8 Å². The maximum Gasteiger partial charge on any atom is 0.191 e. The molecule has 2 N–H and O–H groups in total. The van der Waals surface area contributed by atoms with Gasteiger partial charge in [0.25, 0.3) is 0 Å². The number of aromatic nitrogens is 1. The molecule has 0 radical (unpaired) electrons. The number of hydrogen-bond acceptors (Lipinski definition) is 3. The van der Waals surface area contributed by atoms with Gasteiger partial charge in [0.05, 0.1) is 6.54 Å². The number of benzene rings is 1. The third kappa shape index (κ3) is 7.92. The van der Waals surface area contributed by atoms with Crippen molar-refractivity contribution in [3.05, 3.63) is 59.9 Å². The Hall–Kier alpha value is -1.58. The second kappa shape index (κ2) is 13.7. The lowest BCUT2D eigenvalue weighted by atomic mass is 10.1. The van der Waals surface area contributed by atoms with Crippen LogP contribution in [0.1, 0.15) is 25.0 Å². The summed E-state index contributed by atoms with van der Waals surface area (Å²) in [6.45, 7) is 14.5. The van der Waals surface area contributed by atoms with E-state index in [0.29, 0.717) is 6.54 Å². The molecule has 0 unspecified atom stereocenters. The molecule has 0 atom stereocenters. The largest absolute Gasteiger partial charge is 0.357 e. The summed E-state index contributed by atoms with van der Waals surface area (Å²) in [5.41, 5.74) is 2.71. The molecule has 0 amide bonds. The zero-order valence-corrected chi connectivity index (χ0v) is 20.7. The van der Waals surface area contributed by atoms with Crippen LogP contribution in [0.2, 0.25) is 0 Å². The van der Waals surface area contributed by atoms with E-state index in [0.717, 1.165) is 51.8 Å². The predicted octanol–water partition coefficient (Wildman–Crippen LogP) is 3.00. The molecule has 166 valence electrons. The molecule has 2 aromatic rings. The van der Waals surface area contributed by atoms with Crippen molar-refractivity contribution >= 4 is 29.9 Å². The molecule has 7 heteroatoms. The number of nitrogens with one attached hydrogen (secondary N) is 2. The van der Waals surface area contributed by atoms with Crippen LogP contribution in [0.3, 0.4) is 0 Å². The van der Waals surface area contributed by atoms with Crippen LogP contribution < -0.4 is 10.6 Å². The zero-order chi connectivity index (χ0) is 20.3. The number of aliphatic imine (C=N–C) groups is 1. The van der Waals surface area contributed by atoms with Crippen LogP contribution in [-0.4, -0.2) is 66.1 Å². The van der Waals surface area contributed by atoms with Crippen molar-refractivity contribution in [1.29, 1.82) is 0 Å². The molecular formula is C23H37IN6. The number of rotatable bonds is 9. The second-order valence-electron chi connectivity index (χ2n) is 7.52. The highest BCUT2D eigenvalue weighted by Crippen LogP contribution is 2.14. The molecule has 6 nitrogen and oxygen atoms in total. The third-order valence-corrected chi connectivity index (χ3v) is 5.50. The molecule has 0 spiro atoms. The molecule has 0 bridgehead atoms. The van der Waals surface area contributed by atoms with Gasteiger partial charge in [-0.15, -0.1) is 24.0 Å². The summed E-state index contributed by atoms with van der Waals surface area (Å²) in [6, 6.07) is 12.8. The Kier molecular flexibility index (Phi) is 11.2. The van der Waals surface area contributed by atoms with Gasteiger partial charge >= 0.3 is 0 Å². The van der Waals surface area contributed by atoms with Crippen LogP contribution in [0, 0.1) is 0 Å². The first kappa shape index (κ1) is 24.7. The minimum Gasteiger partial charge on any atom is -0.357 e. The molecule has 1 aliphatic rings. The van der Waals surface area contributed by atoms with Gasteiger partial charge in [-0.1, -0.05) is 31.2 Å². The van der Waals surface area contributed by atoms with E-state index in [-0.39, 0.29) is 24.0 Å². The van der Waals surface area contributed by atoms with E-state index in [1.807, 2.05) is 0 Å². The summed E-state index contributed by atoms with van der Waals surface area (Å²) < 4.78 is 2.17. The van der Waals surface area contributed by atoms with E-state index in [4.69, 9.17) is 4.99 Å². The predicted molar refractivity (Wildman–Crippen MR) is 136 cm³/mol. The fourth-order valence-corrected chi connectivity index (χ4v) is 3.70. The van der Waals surface area contributed by atoms with Crippen molar-refractivity contribution in [1.82, 2.24) is 25.0 Å². The quantitative estimate of drug-likeness (QED) is 0.301. The van der Waals surface area contributed by atoms with Gasteiger partial charge in [-0.3, -0.25) is 4.90 Å². The normalized spacial score (nSPS) is 15.6. The molecule has 1 fully saturated rings. The van der Waals surface area contributed by atoms with Gasteiger partial charge in [0.15, 0.2) is 5.96 Å². The molecule has 1 saturated heterocycles. The maximum atomic E-state index is 4.84. The Morgan fingerprint density at radius 1 is 0.900 bits per heavy atom. The maximum absolute atomic E-state index is 4.84. The Morgan fingerprint density at radius 3 is 2.23 bits per heavy atom. The molecule has 1 aromatic heterocycles. The van der Waals surface area contributed by atoms with Crippen molar-refractivity contribution < 1.29 is 0 Å². The summed E-state index contributed by atoms with van der Waals surface area (Å²) in [5.74, 6) is 0.881. The summed E-state index contributed by atoms with van der Waals surface area (Å²) in [4.78, 5) is 9.93. The van der Waals surface area contributed by atoms with E-state index >= 15 is 0 Å². The Labute approximate surface area is 198 Å². The van der Waals surface area contributed by atoms with Gasteiger partial charge < -0.3 is 20.1 Å². The molecule has 1 aliphatic heterocycles. The zero-order valence-electron chi connectivity index (χ0n) is 18.4. The Morgan fingerprint density at radius 2 is 1.57 bits per heavy atom. The first-order valence-corrected chi connectivity index (χ1v) is 10.9. The summed E-state index contributed by atoms with van der Waals surface area (Å²) >= 11 is 0. The summed E-state index contributed by atoms with van der Waals surface area (Å²) in [6.07, 6.45) is 4.17. The lowest BCUT2D eigenvalue weighted by molar-refractivity contribution is 0.131. The SMILES string of the molecule is CCNC(=NCc1ccccc1CN1CCN(CC)CC1)NCCn1cccc1.I. The van der Waals surface area contributed by atoms with Crippen LogP contribution in [0.25, 0.3) is 0 Å².